The molecule has 1 saturated carbocycles. The molecule has 39 heavy (non-hydrogen) atoms. The van der Waals surface area contributed by atoms with E-state index in [0.29, 0.717) is 28.1 Å². The number of hydrogen-bond acceptors (Lipinski definition) is 7. The largest absolute Gasteiger partial charge is 0.457 e. The van der Waals surface area contributed by atoms with Crippen LogP contribution >= 0.6 is 0 Å². The fourth-order valence-electron chi connectivity index (χ4n) is 4.53. The van der Waals surface area contributed by atoms with Crippen LogP contribution in [-0.4, -0.2) is 33.3 Å². The monoisotopic (exact) mass is 552 g/mol. The van der Waals surface area contributed by atoms with Crippen molar-refractivity contribution in [2.24, 2.45) is 5.73 Å². The van der Waals surface area contributed by atoms with E-state index in [0.717, 1.165) is 24.7 Å². The molecule has 0 atom stereocenters. The smallest absolute Gasteiger partial charge is 0.412 e. The van der Waals surface area contributed by atoms with E-state index < -0.39 is 22.1 Å². The van der Waals surface area contributed by atoms with Crippen LogP contribution < -0.4 is 14.8 Å². The molecule has 0 bridgehead atoms. The van der Waals surface area contributed by atoms with E-state index in [1.165, 1.54) is 28.6 Å². The molecule has 0 radical (unpaired) electrons. The van der Waals surface area contributed by atoms with Crippen LogP contribution in [0.15, 0.2) is 65.1 Å². The van der Waals surface area contributed by atoms with Gasteiger partial charge in [0.2, 0.25) is 10.0 Å². The van der Waals surface area contributed by atoms with Gasteiger partial charge in [-0.2, -0.15) is 0 Å². The molecule has 2 N–H and O–H groups in total. The minimum Gasteiger partial charge on any atom is -0.457 e. The van der Waals surface area contributed by atoms with Gasteiger partial charge in [-0.15, -0.1) is 0 Å². The summed E-state index contributed by atoms with van der Waals surface area (Å²) in [5, 5.41) is 0.373. The third-order valence-corrected chi connectivity index (χ3v) is 7.63. The van der Waals surface area contributed by atoms with Gasteiger partial charge in [0, 0.05) is 23.6 Å². The Morgan fingerprint density at radius 2 is 1.67 bits per heavy atom. The average molecular weight is 553 g/mol. The van der Waals surface area contributed by atoms with E-state index in [1.54, 1.807) is 43.3 Å². The molecular formula is C28H25FN2O7S. The summed E-state index contributed by atoms with van der Waals surface area (Å²) < 4.78 is 56.1. The van der Waals surface area contributed by atoms with E-state index in [4.69, 9.17) is 19.6 Å². The van der Waals surface area contributed by atoms with Gasteiger partial charge >= 0.3 is 12.1 Å². The number of furan rings is 1. The van der Waals surface area contributed by atoms with Crippen LogP contribution in [0.4, 0.5) is 14.9 Å². The topological polar surface area (TPSA) is 129 Å². The van der Waals surface area contributed by atoms with E-state index >= 15 is 0 Å². The number of carbonyl (C=O) groups is 2. The van der Waals surface area contributed by atoms with Crippen molar-refractivity contribution in [3.05, 3.63) is 77.6 Å². The van der Waals surface area contributed by atoms with Crippen LogP contribution in [0.25, 0.3) is 22.3 Å². The average Bonchev–Trinajstić information content (AvgIpc) is 3.65. The molecule has 9 nitrogen and oxygen atoms in total. The molecule has 1 heterocycles. The first-order valence-electron chi connectivity index (χ1n) is 12.2. The van der Waals surface area contributed by atoms with Crippen LogP contribution in [0, 0.1) is 5.82 Å². The summed E-state index contributed by atoms with van der Waals surface area (Å²) in [7, 11) is -3.58. The summed E-state index contributed by atoms with van der Waals surface area (Å²) in [4.78, 5) is 24.5. The van der Waals surface area contributed by atoms with Gasteiger partial charge in [0.1, 0.15) is 34.2 Å². The molecule has 1 fully saturated rings. The zero-order chi connectivity index (χ0) is 27.9. The van der Waals surface area contributed by atoms with E-state index in [-0.39, 0.29) is 35.2 Å². The summed E-state index contributed by atoms with van der Waals surface area (Å²) in [6, 6.07) is 15.4. The predicted molar refractivity (Wildman–Crippen MR) is 143 cm³/mol. The van der Waals surface area contributed by atoms with Crippen LogP contribution in [0.3, 0.4) is 0 Å². The Hall–Kier alpha value is -4.38. The number of hydrogen-bond donors (Lipinski definition) is 1. The maximum absolute atomic E-state index is 13.2. The number of esters is 1. The predicted octanol–water partition coefficient (Wildman–Crippen LogP) is 5.93. The van der Waals surface area contributed by atoms with Crippen LogP contribution in [-0.2, 0) is 14.8 Å². The van der Waals surface area contributed by atoms with Crippen LogP contribution in [0.5, 0.6) is 11.5 Å². The Kier molecular flexibility index (Phi) is 6.77. The highest BCUT2D eigenvalue weighted by molar-refractivity contribution is 7.92. The van der Waals surface area contributed by atoms with Crippen LogP contribution in [0.2, 0.25) is 0 Å². The van der Waals surface area contributed by atoms with Crippen molar-refractivity contribution in [3.8, 4) is 22.8 Å². The lowest BCUT2D eigenvalue weighted by Gasteiger charge is -2.23. The third-order valence-electron chi connectivity index (χ3n) is 6.37. The van der Waals surface area contributed by atoms with Crippen molar-refractivity contribution in [2.75, 3.05) is 17.1 Å². The highest BCUT2D eigenvalue weighted by Crippen LogP contribution is 2.48. The molecule has 5 rings (SSSR count). The van der Waals surface area contributed by atoms with Gasteiger partial charge in [-0.25, -0.2) is 22.4 Å². The zero-order valence-electron chi connectivity index (χ0n) is 21.1. The second-order valence-electron chi connectivity index (χ2n) is 9.20. The molecule has 202 valence electrons. The summed E-state index contributed by atoms with van der Waals surface area (Å²) in [5.74, 6) is -0.248. The van der Waals surface area contributed by atoms with Gasteiger partial charge in [0.25, 0.3) is 0 Å². The van der Waals surface area contributed by atoms with Crippen molar-refractivity contribution in [2.45, 2.75) is 25.7 Å². The highest BCUT2D eigenvalue weighted by atomic mass is 32.2. The lowest BCUT2D eigenvalue weighted by atomic mass is 10.0. The van der Waals surface area contributed by atoms with E-state index in [1.807, 2.05) is 0 Å². The molecule has 0 spiro atoms. The third kappa shape index (κ3) is 5.44. The van der Waals surface area contributed by atoms with Crippen molar-refractivity contribution >= 4 is 38.7 Å². The zero-order valence-corrected chi connectivity index (χ0v) is 22.0. The number of nitrogens with two attached hydrogens (primary N) is 1. The number of amides is 1. The lowest BCUT2D eigenvalue weighted by Crippen LogP contribution is -2.30. The van der Waals surface area contributed by atoms with Gasteiger partial charge in [-0.05, 0) is 85.8 Å². The molecule has 0 unspecified atom stereocenters. The molecule has 1 amide bonds. The molecule has 1 aliphatic carbocycles. The first-order valence-corrected chi connectivity index (χ1v) is 14.0. The van der Waals surface area contributed by atoms with Crippen molar-refractivity contribution in [1.29, 1.82) is 0 Å². The Labute approximate surface area is 224 Å². The normalized spacial score (nSPS) is 13.3. The number of halogens is 1. The summed E-state index contributed by atoms with van der Waals surface area (Å²) in [5.41, 5.74) is 7.08. The van der Waals surface area contributed by atoms with E-state index in [9.17, 15) is 22.4 Å². The summed E-state index contributed by atoms with van der Waals surface area (Å²) in [6.45, 7) is 1.95. The standard InChI is InChI=1S/C28H25FN2O7S/c1-3-31(39(2,34)35)23-15-24-22(14-21(23)16-4-5-16)25(27(32)38-28(30)33)26(37-24)17-6-10-19(11-7-17)36-20-12-8-18(29)9-13-20/h6-16H,3-5H2,1-2H3,(H2,30,33). The van der Waals surface area contributed by atoms with Gasteiger partial charge in [0.15, 0.2) is 0 Å². The number of rotatable bonds is 8. The number of anilines is 1. The number of carbonyl (C=O) groups excluding carboxylic acids is 2. The second-order valence-corrected chi connectivity index (χ2v) is 11.1. The van der Waals surface area contributed by atoms with Crippen LogP contribution in [0.1, 0.15) is 41.6 Å². The number of benzene rings is 3. The molecule has 0 aliphatic heterocycles. The molecule has 4 aromatic rings. The van der Waals surface area contributed by atoms with E-state index in [2.05, 4.69) is 0 Å². The van der Waals surface area contributed by atoms with Gasteiger partial charge in [-0.1, -0.05) is 0 Å². The number of ether oxygens (including phenoxy) is 2. The Balaban J connectivity index is 1.63. The molecule has 1 aromatic heterocycles. The molecule has 0 saturated heterocycles. The Morgan fingerprint density at radius 3 is 2.21 bits per heavy atom. The lowest BCUT2D eigenvalue weighted by molar-refractivity contribution is 0.0640. The molecule has 1 aliphatic rings. The molecule has 11 heteroatoms. The number of fused-ring (bicyclic) bond motifs is 1. The fraction of sp³-hybridized carbons (Fsp3) is 0.214. The van der Waals surface area contributed by atoms with Gasteiger partial charge in [-0.3, -0.25) is 4.31 Å². The van der Waals surface area contributed by atoms with Gasteiger partial charge in [0.05, 0.1) is 11.9 Å². The first-order chi connectivity index (χ1) is 18.5. The minimum atomic E-state index is -3.58. The first kappa shape index (κ1) is 26.2. The number of sulfonamides is 1. The SMILES string of the molecule is CCN(c1cc2oc(-c3ccc(Oc4ccc(F)cc4)cc3)c(C(=O)OC(N)=O)c2cc1C1CC1)S(C)(=O)=O. The molecule has 3 aromatic carbocycles. The highest BCUT2D eigenvalue weighted by Gasteiger charge is 2.33. The Bertz CT molecular complexity index is 1680. The van der Waals surface area contributed by atoms with Gasteiger partial charge < -0.3 is 19.6 Å². The quantitative estimate of drug-likeness (QED) is 0.212. The number of nitrogens with zero attached hydrogens (tertiary/aromatic N) is 1. The van der Waals surface area contributed by atoms with Crippen molar-refractivity contribution < 1.29 is 36.3 Å². The Morgan fingerprint density at radius 1 is 1.05 bits per heavy atom. The summed E-state index contributed by atoms with van der Waals surface area (Å²) in [6.07, 6.45) is 1.62. The number of primary amides is 1. The maximum Gasteiger partial charge on any atom is 0.412 e. The fourth-order valence-corrected chi connectivity index (χ4v) is 5.52. The minimum absolute atomic E-state index is 0.00754. The maximum atomic E-state index is 13.2. The van der Waals surface area contributed by atoms with Crippen molar-refractivity contribution in [3.63, 3.8) is 0 Å². The van der Waals surface area contributed by atoms with Crippen molar-refractivity contribution in [1.82, 2.24) is 0 Å². The molecular weight excluding hydrogens is 527 g/mol. The summed E-state index contributed by atoms with van der Waals surface area (Å²) >= 11 is 0. The second kappa shape index (κ2) is 10.1.